The van der Waals surface area contributed by atoms with Crippen molar-refractivity contribution in [2.45, 2.75) is 46.5 Å². The SMILES string of the molecule is Cc1cc(C)c(C)c(OCCCCCCCl)c1. The van der Waals surface area contributed by atoms with E-state index in [9.17, 15) is 0 Å². The first-order valence-corrected chi connectivity index (χ1v) is 6.95. The van der Waals surface area contributed by atoms with E-state index in [1.54, 1.807) is 0 Å². The van der Waals surface area contributed by atoms with Crippen LogP contribution in [0.4, 0.5) is 0 Å². The molecule has 0 aliphatic rings. The number of halogens is 1. The summed E-state index contributed by atoms with van der Waals surface area (Å²) in [6.07, 6.45) is 4.64. The highest BCUT2D eigenvalue weighted by Crippen LogP contribution is 2.23. The van der Waals surface area contributed by atoms with Crippen molar-refractivity contribution < 1.29 is 4.74 Å². The third-order valence-electron chi connectivity index (χ3n) is 3.05. The first kappa shape index (κ1) is 14.4. The van der Waals surface area contributed by atoms with Crippen LogP contribution in [0.2, 0.25) is 0 Å². The summed E-state index contributed by atoms with van der Waals surface area (Å²) in [7, 11) is 0. The van der Waals surface area contributed by atoms with Crippen LogP contribution in [0.25, 0.3) is 0 Å². The summed E-state index contributed by atoms with van der Waals surface area (Å²) in [5.41, 5.74) is 3.84. The molecule has 1 aromatic rings. The van der Waals surface area contributed by atoms with Crippen LogP contribution in [-0.2, 0) is 0 Å². The number of unbranched alkanes of at least 4 members (excludes halogenated alkanes) is 3. The number of hydrogen-bond donors (Lipinski definition) is 0. The van der Waals surface area contributed by atoms with Gasteiger partial charge < -0.3 is 4.74 Å². The normalized spacial score (nSPS) is 10.6. The molecule has 1 rings (SSSR count). The first-order valence-electron chi connectivity index (χ1n) is 6.41. The summed E-state index contributed by atoms with van der Waals surface area (Å²) >= 11 is 5.63. The molecule has 0 heterocycles. The van der Waals surface area contributed by atoms with Gasteiger partial charge in [0.2, 0.25) is 0 Å². The third-order valence-corrected chi connectivity index (χ3v) is 3.32. The highest BCUT2D eigenvalue weighted by molar-refractivity contribution is 6.17. The second-order valence-electron chi connectivity index (χ2n) is 4.66. The Bertz CT molecular complexity index is 347. The molecule has 1 aromatic carbocycles. The van der Waals surface area contributed by atoms with Gasteiger partial charge in [-0.1, -0.05) is 18.9 Å². The summed E-state index contributed by atoms with van der Waals surface area (Å²) in [4.78, 5) is 0. The molecule has 17 heavy (non-hydrogen) atoms. The molecule has 0 atom stereocenters. The minimum absolute atomic E-state index is 0.775. The van der Waals surface area contributed by atoms with E-state index in [1.165, 1.54) is 29.5 Å². The Morgan fingerprint density at radius 3 is 2.41 bits per heavy atom. The van der Waals surface area contributed by atoms with Crippen molar-refractivity contribution in [1.82, 2.24) is 0 Å². The van der Waals surface area contributed by atoms with E-state index in [0.29, 0.717) is 0 Å². The van der Waals surface area contributed by atoms with Crippen molar-refractivity contribution >= 4 is 11.6 Å². The molecule has 0 amide bonds. The Morgan fingerprint density at radius 2 is 1.71 bits per heavy atom. The average molecular weight is 255 g/mol. The number of aryl methyl sites for hydroxylation is 2. The molecule has 0 saturated heterocycles. The summed E-state index contributed by atoms with van der Waals surface area (Å²) in [6, 6.07) is 4.32. The van der Waals surface area contributed by atoms with Gasteiger partial charge in [0.15, 0.2) is 0 Å². The van der Waals surface area contributed by atoms with Gasteiger partial charge in [-0.15, -0.1) is 11.6 Å². The predicted molar refractivity (Wildman–Crippen MR) is 75.3 cm³/mol. The zero-order valence-electron chi connectivity index (χ0n) is 11.2. The molecule has 0 aromatic heterocycles. The van der Waals surface area contributed by atoms with Gasteiger partial charge in [-0.3, -0.25) is 0 Å². The maximum atomic E-state index is 5.85. The van der Waals surface area contributed by atoms with Crippen LogP contribution in [0, 0.1) is 20.8 Å². The van der Waals surface area contributed by atoms with Gasteiger partial charge in [-0.05, 0) is 56.4 Å². The van der Waals surface area contributed by atoms with E-state index in [4.69, 9.17) is 16.3 Å². The van der Waals surface area contributed by atoms with E-state index in [2.05, 4.69) is 32.9 Å². The zero-order valence-corrected chi connectivity index (χ0v) is 11.9. The number of ether oxygens (including phenoxy) is 1. The molecule has 96 valence electrons. The van der Waals surface area contributed by atoms with Crippen molar-refractivity contribution in [1.29, 1.82) is 0 Å². The van der Waals surface area contributed by atoms with E-state index in [0.717, 1.165) is 31.1 Å². The lowest BCUT2D eigenvalue weighted by Crippen LogP contribution is -2.00. The van der Waals surface area contributed by atoms with Gasteiger partial charge in [-0.25, -0.2) is 0 Å². The second kappa shape index (κ2) is 7.60. The van der Waals surface area contributed by atoms with Crippen LogP contribution in [0.1, 0.15) is 42.4 Å². The lowest BCUT2D eigenvalue weighted by atomic mass is 10.1. The minimum atomic E-state index is 0.775. The van der Waals surface area contributed by atoms with E-state index in [-0.39, 0.29) is 0 Å². The molecule has 0 fully saturated rings. The van der Waals surface area contributed by atoms with Crippen molar-refractivity contribution in [3.63, 3.8) is 0 Å². The fourth-order valence-electron chi connectivity index (χ4n) is 1.88. The lowest BCUT2D eigenvalue weighted by Gasteiger charge is -2.12. The monoisotopic (exact) mass is 254 g/mol. The van der Waals surface area contributed by atoms with Gasteiger partial charge in [0.05, 0.1) is 6.61 Å². The van der Waals surface area contributed by atoms with Crippen molar-refractivity contribution in [2.24, 2.45) is 0 Å². The van der Waals surface area contributed by atoms with Crippen molar-refractivity contribution in [3.8, 4) is 5.75 Å². The minimum Gasteiger partial charge on any atom is -0.493 e. The van der Waals surface area contributed by atoms with Gasteiger partial charge in [0.25, 0.3) is 0 Å². The summed E-state index contributed by atoms with van der Waals surface area (Å²) in [6.45, 7) is 7.18. The summed E-state index contributed by atoms with van der Waals surface area (Å²) < 4.78 is 5.85. The smallest absolute Gasteiger partial charge is 0.122 e. The Hall–Kier alpha value is -0.690. The largest absolute Gasteiger partial charge is 0.493 e. The quantitative estimate of drug-likeness (QED) is 0.502. The molecule has 0 bridgehead atoms. The molecule has 1 nitrogen and oxygen atoms in total. The van der Waals surface area contributed by atoms with Gasteiger partial charge in [-0.2, -0.15) is 0 Å². The molecule has 0 radical (unpaired) electrons. The lowest BCUT2D eigenvalue weighted by molar-refractivity contribution is 0.303. The molecule has 0 saturated carbocycles. The van der Waals surface area contributed by atoms with Crippen LogP contribution in [0.5, 0.6) is 5.75 Å². The van der Waals surface area contributed by atoms with Gasteiger partial charge in [0, 0.05) is 5.88 Å². The van der Waals surface area contributed by atoms with Gasteiger partial charge >= 0.3 is 0 Å². The Kier molecular flexibility index (Phi) is 6.43. The zero-order chi connectivity index (χ0) is 12.7. The van der Waals surface area contributed by atoms with Crippen LogP contribution in [0.3, 0.4) is 0 Å². The molecule has 0 aliphatic heterocycles. The first-order chi connectivity index (χ1) is 8.15. The summed E-state index contributed by atoms with van der Waals surface area (Å²) in [5.74, 6) is 1.82. The highest BCUT2D eigenvalue weighted by atomic mass is 35.5. The topological polar surface area (TPSA) is 9.23 Å². The average Bonchev–Trinajstić information content (AvgIpc) is 2.29. The maximum absolute atomic E-state index is 5.85. The molecule has 0 N–H and O–H groups in total. The molecule has 0 unspecified atom stereocenters. The molecule has 0 spiro atoms. The fourth-order valence-corrected chi connectivity index (χ4v) is 2.07. The predicted octanol–water partition coefficient (Wildman–Crippen LogP) is 4.79. The Morgan fingerprint density at radius 1 is 1.00 bits per heavy atom. The van der Waals surface area contributed by atoms with Crippen LogP contribution < -0.4 is 4.74 Å². The number of hydrogen-bond acceptors (Lipinski definition) is 1. The standard InChI is InChI=1S/C15H23ClO/c1-12-10-13(2)14(3)15(11-12)17-9-7-5-4-6-8-16/h10-11H,4-9H2,1-3H3. The molecule has 0 aliphatic carbocycles. The third kappa shape index (κ3) is 4.99. The maximum Gasteiger partial charge on any atom is 0.122 e. The highest BCUT2D eigenvalue weighted by Gasteiger charge is 2.03. The number of alkyl halides is 1. The summed E-state index contributed by atoms with van der Waals surface area (Å²) in [5, 5.41) is 0. The molecular formula is C15H23ClO. The van der Waals surface area contributed by atoms with Gasteiger partial charge in [0.1, 0.15) is 5.75 Å². The molecule has 2 heteroatoms. The van der Waals surface area contributed by atoms with E-state index in [1.807, 2.05) is 0 Å². The fraction of sp³-hybridized carbons (Fsp3) is 0.600. The van der Waals surface area contributed by atoms with E-state index >= 15 is 0 Å². The van der Waals surface area contributed by atoms with Crippen LogP contribution in [-0.4, -0.2) is 12.5 Å². The van der Waals surface area contributed by atoms with Crippen LogP contribution >= 0.6 is 11.6 Å². The Balaban J connectivity index is 2.36. The molecular weight excluding hydrogens is 232 g/mol. The van der Waals surface area contributed by atoms with Crippen molar-refractivity contribution in [2.75, 3.05) is 12.5 Å². The second-order valence-corrected chi connectivity index (χ2v) is 5.03. The van der Waals surface area contributed by atoms with E-state index < -0.39 is 0 Å². The van der Waals surface area contributed by atoms with Crippen molar-refractivity contribution in [3.05, 3.63) is 28.8 Å². The number of rotatable bonds is 7. The van der Waals surface area contributed by atoms with Crippen LogP contribution in [0.15, 0.2) is 12.1 Å². The Labute approximate surface area is 110 Å². The number of benzene rings is 1.